The second-order valence-electron chi connectivity index (χ2n) is 5.16. The van der Waals surface area contributed by atoms with Gasteiger partial charge in [-0.2, -0.15) is 5.26 Å². The van der Waals surface area contributed by atoms with Crippen molar-refractivity contribution in [2.75, 3.05) is 6.54 Å². The quantitative estimate of drug-likeness (QED) is 0.832. The number of amides is 1. The van der Waals surface area contributed by atoms with Crippen LogP contribution >= 0.6 is 0 Å². The van der Waals surface area contributed by atoms with E-state index >= 15 is 0 Å². The number of aromatic nitrogens is 1. The Hall–Kier alpha value is -2.58. The van der Waals surface area contributed by atoms with E-state index in [-0.39, 0.29) is 5.91 Å². The Balaban J connectivity index is 1.76. The first-order valence-electron chi connectivity index (χ1n) is 6.88. The predicted molar refractivity (Wildman–Crippen MR) is 80.2 cm³/mol. The number of benzene rings is 1. The van der Waals surface area contributed by atoms with Crippen LogP contribution in [0.25, 0.3) is 10.9 Å². The van der Waals surface area contributed by atoms with Crippen molar-refractivity contribution in [3.63, 3.8) is 0 Å². The fourth-order valence-corrected chi connectivity index (χ4v) is 2.70. The lowest BCUT2D eigenvalue weighted by Gasteiger charge is -2.23. The molecule has 2 unspecified atom stereocenters. The molecule has 3 rings (SSSR count). The van der Waals surface area contributed by atoms with Gasteiger partial charge >= 0.3 is 0 Å². The SMILES string of the molecule is N#CC1C=CCN1C(=O)C(N)Cc1c[nH]c2ccccc12. The molecule has 1 aliphatic heterocycles. The van der Waals surface area contributed by atoms with Gasteiger partial charge in [0.1, 0.15) is 6.04 Å². The van der Waals surface area contributed by atoms with Crippen LogP contribution < -0.4 is 5.73 Å². The molecular formula is C16H16N4O. The van der Waals surface area contributed by atoms with Crippen molar-refractivity contribution < 1.29 is 4.79 Å². The molecule has 0 spiro atoms. The van der Waals surface area contributed by atoms with E-state index in [9.17, 15) is 4.79 Å². The Morgan fingerprint density at radius 2 is 2.33 bits per heavy atom. The first-order chi connectivity index (χ1) is 10.2. The van der Waals surface area contributed by atoms with Crippen molar-refractivity contribution >= 4 is 16.8 Å². The van der Waals surface area contributed by atoms with Gasteiger partial charge in [0, 0.05) is 23.6 Å². The zero-order valence-corrected chi connectivity index (χ0v) is 11.5. The van der Waals surface area contributed by atoms with Crippen molar-refractivity contribution in [1.29, 1.82) is 5.26 Å². The standard InChI is InChI=1S/C16H16N4O/c17-9-12-4-3-7-20(12)16(21)14(18)8-11-10-19-15-6-2-1-5-13(11)15/h1-6,10,12,14,19H,7-8,18H2. The summed E-state index contributed by atoms with van der Waals surface area (Å²) in [5.74, 6) is -0.183. The van der Waals surface area contributed by atoms with E-state index < -0.39 is 12.1 Å². The Labute approximate surface area is 122 Å². The molecule has 1 aromatic carbocycles. The van der Waals surface area contributed by atoms with Crippen LogP contribution in [0.1, 0.15) is 5.56 Å². The van der Waals surface area contributed by atoms with Crippen LogP contribution in [0.3, 0.4) is 0 Å². The minimum absolute atomic E-state index is 0.183. The lowest BCUT2D eigenvalue weighted by Crippen LogP contribution is -2.46. The minimum atomic E-state index is -0.639. The topological polar surface area (TPSA) is 85.9 Å². The van der Waals surface area contributed by atoms with Crippen LogP contribution in [0.15, 0.2) is 42.6 Å². The number of carbonyl (C=O) groups excluding carboxylic acids is 1. The molecule has 21 heavy (non-hydrogen) atoms. The highest BCUT2D eigenvalue weighted by Gasteiger charge is 2.28. The van der Waals surface area contributed by atoms with Crippen molar-refractivity contribution in [3.05, 3.63) is 48.2 Å². The van der Waals surface area contributed by atoms with Gasteiger partial charge in [0.25, 0.3) is 0 Å². The molecule has 0 aliphatic carbocycles. The van der Waals surface area contributed by atoms with Gasteiger partial charge in [-0.15, -0.1) is 0 Å². The Bertz CT molecular complexity index is 740. The lowest BCUT2D eigenvalue weighted by molar-refractivity contribution is -0.132. The molecule has 0 saturated carbocycles. The molecule has 1 amide bonds. The van der Waals surface area contributed by atoms with Crippen LogP contribution in [0.4, 0.5) is 0 Å². The zero-order valence-electron chi connectivity index (χ0n) is 11.5. The van der Waals surface area contributed by atoms with Gasteiger partial charge < -0.3 is 15.6 Å². The highest BCUT2D eigenvalue weighted by molar-refractivity contribution is 5.86. The lowest BCUT2D eigenvalue weighted by atomic mass is 10.0. The Kier molecular flexibility index (Phi) is 3.46. The number of fused-ring (bicyclic) bond motifs is 1. The van der Waals surface area contributed by atoms with Gasteiger partial charge in [-0.3, -0.25) is 4.79 Å². The first kappa shape index (κ1) is 13.4. The van der Waals surface area contributed by atoms with E-state index in [1.807, 2.05) is 36.5 Å². The highest BCUT2D eigenvalue weighted by atomic mass is 16.2. The predicted octanol–water partition coefficient (Wildman–Crippen LogP) is 1.33. The maximum absolute atomic E-state index is 12.4. The maximum atomic E-state index is 12.4. The number of hydrogen-bond donors (Lipinski definition) is 2. The summed E-state index contributed by atoms with van der Waals surface area (Å²) in [6, 6.07) is 8.88. The van der Waals surface area contributed by atoms with Crippen molar-refractivity contribution in [3.8, 4) is 6.07 Å². The maximum Gasteiger partial charge on any atom is 0.241 e. The highest BCUT2D eigenvalue weighted by Crippen LogP contribution is 2.20. The minimum Gasteiger partial charge on any atom is -0.361 e. The molecule has 2 aromatic rings. The molecule has 2 heterocycles. The molecule has 0 fully saturated rings. The summed E-state index contributed by atoms with van der Waals surface area (Å²) in [5.41, 5.74) is 8.11. The smallest absolute Gasteiger partial charge is 0.241 e. The summed E-state index contributed by atoms with van der Waals surface area (Å²) < 4.78 is 0. The normalized spacial score (nSPS) is 18.9. The number of para-hydroxylation sites is 1. The summed E-state index contributed by atoms with van der Waals surface area (Å²) >= 11 is 0. The number of nitrogens with zero attached hydrogens (tertiary/aromatic N) is 2. The summed E-state index contributed by atoms with van der Waals surface area (Å²) in [7, 11) is 0. The molecule has 0 bridgehead atoms. The first-order valence-corrected chi connectivity index (χ1v) is 6.88. The number of rotatable bonds is 3. The number of nitrogens with one attached hydrogen (secondary N) is 1. The molecular weight excluding hydrogens is 264 g/mol. The monoisotopic (exact) mass is 280 g/mol. The van der Waals surface area contributed by atoms with Crippen molar-refractivity contribution in [2.24, 2.45) is 5.73 Å². The fraction of sp³-hybridized carbons (Fsp3) is 0.250. The number of aromatic amines is 1. The second-order valence-corrected chi connectivity index (χ2v) is 5.16. The average molecular weight is 280 g/mol. The van der Waals surface area contributed by atoms with E-state index in [0.29, 0.717) is 13.0 Å². The largest absolute Gasteiger partial charge is 0.361 e. The molecule has 5 nitrogen and oxygen atoms in total. The van der Waals surface area contributed by atoms with E-state index in [2.05, 4.69) is 11.1 Å². The third-order valence-electron chi connectivity index (χ3n) is 3.80. The number of carbonyl (C=O) groups is 1. The summed E-state index contributed by atoms with van der Waals surface area (Å²) in [6.07, 6.45) is 5.90. The molecule has 0 radical (unpaired) electrons. The van der Waals surface area contributed by atoms with E-state index in [0.717, 1.165) is 16.5 Å². The van der Waals surface area contributed by atoms with E-state index in [1.165, 1.54) is 4.90 Å². The number of nitriles is 1. The van der Waals surface area contributed by atoms with Gasteiger partial charge in [-0.25, -0.2) is 0 Å². The van der Waals surface area contributed by atoms with Crippen molar-refractivity contribution in [2.45, 2.75) is 18.5 Å². The number of nitrogens with two attached hydrogens (primary N) is 1. The van der Waals surface area contributed by atoms with Crippen LogP contribution in [0.5, 0.6) is 0 Å². The molecule has 106 valence electrons. The average Bonchev–Trinajstić information content (AvgIpc) is 3.13. The number of hydrogen-bond acceptors (Lipinski definition) is 3. The third kappa shape index (κ3) is 2.41. The molecule has 2 atom stereocenters. The summed E-state index contributed by atoms with van der Waals surface area (Å²) in [5, 5.41) is 10.1. The molecule has 1 aromatic heterocycles. The van der Waals surface area contributed by atoms with Gasteiger partial charge in [-0.1, -0.05) is 24.3 Å². The van der Waals surface area contributed by atoms with Gasteiger partial charge in [-0.05, 0) is 24.1 Å². The summed E-state index contributed by atoms with van der Waals surface area (Å²) in [4.78, 5) is 17.1. The van der Waals surface area contributed by atoms with Crippen molar-refractivity contribution in [1.82, 2.24) is 9.88 Å². The summed E-state index contributed by atoms with van der Waals surface area (Å²) in [6.45, 7) is 0.457. The fourth-order valence-electron chi connectivity index (χ4n) is 2.70. The number of H-pyrrole nitrogens is 1. The molecule has 1 aliphatic rings. The van der Waals surface area contributed by atoms with Gasteiger partial charge in [0.15, 0.2) is 0 Å². The second kappa shape index (κ2) is 5.43. The Morgan fingerprint density at radius 1 is 1.52 bits per heavy atom. The Morgan fingerprint density at radius 3 is 3.14 bits per heavy atom. The van der Waals surface area contributed by atoms with Crippen LogP contribution in [-0.4, -0.2) is 34.4 Å². The van der Waals surface area contributed by atoms with E-state index in [4.69, 9.17) is 11.0 Å². The molecule has 0 saturated heterocycles. The van der Waals surface area contributed by atoms with Crippen LogP contribution in [0, 0.1) is 11.3 Å². The van der Waals surface area contributed by atoms with E-state index in [1.54, 1.807) is 6.08 Å². The van der Waals surface area contributed by atoms with Gasteiger partial charge in [0.05, 0.1) is 12.1 Å². The zero-order chi connectivity index (χ0) is 14.8. The molecule has 5 heteroatoms. The van der Waals surface area contributed by atoms with Crippen LogP contribution in [0.2, 0.25) is 0 Å². The molecule has 3 N–H and O–H groups in total. The van der Waals surface area contributed by atoms with Crippen LogP contribution in [-0.2, 0) is 11.2 Å². The third-order valence-corrected chi connectivity index (χ3v) is 3.80. The van der Waals surface area contributed by atoms with Gasteiger partial charge in [0.2, 0.25) is 5.91 Å².